The average molecular weight is 428 g/mol. The molecule has 0 unspecified atom stereocenters. The third kappa shape index (κ3) is 4.30. The highest BCUT2D eigenvalue weighted by molar-refractivity contribution is 5.79. The second-order valence-corrected chi connectivity index (χ2v) is 7.03. The monoisotopic (exact) mass is 428 g/mol. The lowest BCUT2D eigenvalue weighted by atomic mass is 10.1. The summed E-state index contributed by atoms with van der Waals surface area (Å²) in [5.74, 6) is 1.07. The van der Waals surface area contributed by atoms with Crippen LogP contribution in [0.3, 0.4) is 0 Å². The van der Waals surface area contributed by atoms with E-state index >= 15 is 0 Å². The Kier molecular flexibility index (Phi) is 5.50. The van der Waals surface area contributed by atoms with Gasteiger partial charge in [0.1, 0.15) is 6.61 Å². The van der Waals surface area contributed by atoms with Crippen LogP contribution >= 0.6 is 0 Å². The number of nitrogens with zero attached hydrogens (tertiary/aromatic N) is 7. The standard InChI is InChI=1S/C22H20N8O2/c1-31-9-10-32-20-12-17(6-8-24-20)26-19-13-25-21-22(27-19)30(29-28-21)14-15-4-5-18-16(11-15)3-2-7-23-18/h2-8,11-13H,9-10,14H2,1H3,(H,24,26,27). The maximum atomic E-state index is 5.56. The van der Waals surface area contributed by atoms with Crippen molar-refractivity contribution in [1.29, 1.82) is 0 Å². The van der Waals surface area contributed by atoms with E-state index in [-0.39, 0.29) is 0 Å². The molecule has 0 aliphatic carbocycles. The molecule has 10 heteroatoms. The van der Waals surface area contributed by atoms with Crippen LogP contribution in [0.2, 0.25) is 0 Å². The molecule has 0 amide bonds. The van der Waals surface area contributed by atoms with Crippen LogP contribution in [-0.2, 0) is 11.3 Å². The Morgan fingerprint density at radius 2 is 1.97 bits per heavy atom. The number of ether oxygens (including phenoxy) is 2. The predicted octanol–water partition coefficient (Wildman–Crippen LogP) is 2.98. The molecule has 0 bridgehead atoms. The molecule has 4 heterocycles. The minimum Gasteiger partial charge on any atom is -0.475 e. The van der Waals surface area contributed by atoms with E-state index in [9.17, 15) is 0 Å². The molecule has 32 heavy (non-hydrogen) atoms. The number of hydrogen-bond acceptors (Lipinski definition) is 9. The van der Waals surface area contributed by atoms with Gasteiger partial charge in [0.25, 0.3) is 0 Å². The maximum absolute atomic E-state index is 5.56. The topological polar surface area (TPSA) is 113 Å². The first-order chi connectivity index (χ1) is 15.8. The molecule has 0 saturated carbocycles. The Labute approximate surface area is 183 Å². The van der Waals surface area contributed by atoms with Crippen molar-refractivity contribution in [3.8, 4) is 5.88 Å². The highest BCUT2D eigenvalue weighted by Crippen LogP contribution is 2.20. The minimum atomic E-state index is 0.425. The number of methoxy groups -OCH3 is 1. The number of benzene rings is 1. The van der Waals surface area contributed by atoms with Gasteiger partial charge in [-0.2, -0.15) is 0 Å². The van der Waals surface area contributed by atoms with Crippen LogP contribution in [0.5, 0.6) is 5.88 Å². The average Bonchev–Trinajstić information content (AvgIpc) is 3.21. The molecule has 0 fully saturated rings. The molecular formula is C22H20N8O2. The lowest BCUT2D eigenvalue weighted by molar-refractivity contribution is 0.144. The molecule has 1 N–H and O–H groups in total. The van der Waals surface area contributed by atoms with Gasteiger partial charge in [0.15, 0.2) is 11.5 Å². The van der Waals surface area contributed by atoms with Gasteiger partial charge in [-0.1, -0.05) is 17.3 Å². The smallest absolute Gasteiger partial charge is 0.221 e. The number of anilines is 2. The van der Waals surface area contributed by atoms with Crippen molar-refractivity contribution in [3.63, 3.8) is 0 Å². The Bertz CT molecular complexity index is 1370. The summed E-state index contributed by atoms with van der Waals surface area (Å²) in [5, 5.41) is 12.7. The number of pyridine rings is 2. The van der Waals surface area contributed by atoms with Gasteiger partial charge in [-0.05, 0) is 29.8 Å². The fourth-order valence-electron chi connectivity index (χ4n) is 3.26. The van der Waals surface area contributed by atoms with Crippen molar-refractivity contribution in [2.75, 3.05) is 25.6 Å². The molecule has 10 nitrogen and oxygen atoms in total. The second-order valence-electron chi connectivity index (χ2n) is 7.03. The summed E-state index contributed by atoms with van der Waals surface area (Å²) in [7, 11) is 1.63. The summed E-state index contributed by atoms with van der Waals surface area (Å²) >= 11 is 0. The number of nitrogens with one attached hydrogen (secondary N) is 1. The zero-order valence-corrected chi connectivity index (χ0v) is 17.3. The molecule has 1 aromatic carbocycles. The molecule has 4 aromatic heterocycles. The first-order valence-electron chi connectivity index (χ1n) is 10.0. The third-order valence-corrected chi connectivity index (χ3v) is 4.77. The van der Waals surface area contributed by atoms with Crippen LogP contribution in [0, 0.1) is 0 Å². The summed E-state index contributed by atoms with van der Waals surface area (Å²) in [6, 6.07) is 13.7. The molecule has 0 aliphatic rings. The van der Waals surface area contributed by atoms with Crippen molar-refractivity contribution >= 4 is 33.7 Å². The van der Waals surface area contributed by atoms with Gasteiger partial charge in [-0.15, -0.1) is 5.10 Å². The van der Waals surface area contributed by atoms with Crippen molar-refractivity contribution in [1.82, 2.24) is 34.9 Å². The minimum absolute atomic E-state index is 0.425. The van der Waals surface area contributed by atoms with Crippen molar-refractivity contribution in [2.45, 2.75) is 6.54 Å². The molecule has 0 atom stereocenters. The predicted molar refractivity (Wildman–Crippen MR) is 119 cm³/mol. The van der Waals surface area contributed by atoms with Gasteiger partial charge >= 0.3 is 0 Å². The van der Waals surface area contributed by atoms with E-state index in [0.29, 0.717) is 42.8 Å². The first-order valence-corrected chi connectivity index (χ1v) is 10.0. The first kappa shape index (κ1) is 19.8. The Hall–Kier alpha value is -4.18. The van der Waals surface area contributed by atoms with Crippen LogP contribution in [0.1, 0.15) is 5.56 Å². The second kappa shape index (κ2) is 8.90. The third-order valence-electron chi connectivity index (χ3n) is 4.77. The van der Waals surface area contributed by atoms with Crippen LogP contribution in [0.4, 0.5) is 11.5 Å². The fraction of sp³-hybridized carbons (Fsp3) is 0.182. The number of hydrogen-bond donors (Lipinski definition) is 1. The van der Waals surface area contributed by atoms with Gasteiger partial charge in [-0.3, -0.25) is 4.98 Å². The van der Waals surface area contributed by atoms with Crippen LogP contribution in [0.15, 0.2) is 61.1 Å². The van der Waals surface area contributed by atoms with E-state index in [1.165, 1.54) is 0 Å². The van der Waals surface area contributed by atoms with E-state index < -0.39 is 0 Å². The molecule has 0 spiro atoms. The van der Waals surface area contributed by atoms with Gasteiger partial charge in [0, 0.05) is 36.6 Å². The molecule has 5 aromatic rings. The van der Waals surface area contributed by atoms with Crippen LogP contribution in [-0.4, -0.2) is 55.3 Å². The van der Waals surface area contributed by atoms with E-state index in [1.807, 2.05) is 30.3 Å². The Morgan fingerprint density at radius 3 is 2.91 bits per heavy atom. The van der Waals surface area contributed by atoms with Gasteiger partial charge in [0.05, 0.1) is 24.9 Å². The quantitative estimate of drug-likeness (QED) is 0.373. The fourth-order valence-corrected chi connectivity index (χ4v) is 3.26. The molecular weight excluding hydrogens is 408 g/mol. The maximum Gasteiger partial charge on any atom is 0.221 e. The molecule has 5 rings (SSSR count). The highest BCUT2D eigenvalue weighted by Gasteiger charge is 2.10. The van der Waals surface area contributed by atoms with Crippen LogP contribution < -0.4 is 10.1 Å². The van der Waals surface area contributed by atoms with Crippen LogP contribution in [0.25, 0.3) is 22.2 Å². The van der Waals surface area contributed by atoms with Gasteiger partial charge in [-0.25, -0.2) is 19.6 Å². The molecule has 160 valence electrons. The number of rotatable bonds is 8. The molecule has 0 aliphatic heterocycles. The van der Waals surface area contributed by atoms with E-state index in [4.69, 9.17) is 9.47 Å². The summed E-state index contributed by atoms with van der Waals surface area (Å²) in [6.45, 7) is 1.44. The zero-order valence-electron chi connectivity index (χ0n) is 17.3. The Morgan fingerprint density at radius 1 is 1.00 bits per heavy atom. The van der Waals surface area contributed by atoms with E-state index in [0.717, 1.165) is 22.2 Å². The number of aromatic nitrogens is 7. The van der Waals surface area contributed by atoms with Crippen molar-refractivity contribution in [2.24, 2.45) is 0 Å². The van der Waals surface area contributed by atoms with E-state index in [1.54, 1.807) is 36.4 Å². The summed E-state index contributed by atoms with van der Waals surface area (Å²) in [5.41, 5.74) is 3.88. The van der Waals surface area contributed by atoms with Crippen molar-refractivity contribution < 1.29 is 9.47 Å². The molecule has 0 saturated heterocycles. The SMILES string of the molecule is COCCOc1cc(Nc2cnc3nnn(Cc4ccc5ncccc5c4)c3n2)ccn1. The summed E-state index contributed by atoms with van der Waals surface area (Å²) < 4.78 is 12.3. The lowest BCUT2D eigenvalue weighted by Gasteiger charge is -2.08. The van der Waals surface area contributed by atoms with Gasteiger partial charge in [0.2, 0.25) is 11.5 Å². The molecule has 0 radical (unpaired) electrons. The lowest BCUT2D eigenvalue weighted by Crippen LogP contribution is -2.06. The zero-order chi connectivity index (χ0) is 21.8. The largest absolute Gasteiger partial charge is 0.475 e. The van der Waals surface area contributed by atoms with E-state index in [2.05, 4.69) is 41.6 Å². The highest BCUT2D eigenvalue weighted by atomic mass is 16.5. The summed E-state index contributed by atoms with van der Waals surface area (Å²) in [6.07, 6.45) is 5.07. The normalized spacial score (nSPS) is 11.2. The number of fused-ring (bicyclic) bond motifs is 2. The Balaban J connectivity index is 1.37. The van der Waals surface area contributed by atoms with Crippen molar-refractivity contribution in [3.05, 3.63) is 66.6 Å². The summed E-state index contributed by atoms with van der Waals surface area (Å²) in [4.78, 5) is 17.6. The van der Waals surface area contributed by atoms with Gasteiger partial charge < -0.3 is 14.8 Å².